The Labute approximate surface area is 370 Å². The molecule has 0 saturated heterocycles. The minimum absolute atomic E-state index is 0.648. The Kier molecular flexibility index (Phi) is 9.71. The van der Waals surface area contributed by atoms with E-state index in [2.05, 4.69) is 278 Å². The number of nitrogens with zero attached hydrogens (tertiary/aromatic N) is 1. The second-order valence-corrected chi connectivity index (χ2v) is 16.4. The molecular weight excluding hydrogens is 759 g/mol. The van der Waals surface area contributed by atoms with Crippen LogP contribution in [0.15, 0.2) is 273 Å². The molecule has 0 atom stereocenters. The van der Waals surface area contributed by atoms with Gasteiger partial charge in [-0.05, 0) is 109 Å². The van der Waals surface area contributed by atoms with Crippen LogP contribution in [0, 0.1) is 0 Å². The predicted molar refractivity (Wildman–Crippen MR) is 263 cm³/mol. The van der Waals surface area contributed by atoms with Crippen molar-refractivity contribution in [3.05, 3.63) is 306 Å². The normalized spacial score (nSPS) is 13.3. The van der Waals surface area contributed by atoms with Crippen LogP contribution in [-0.4, -0.2) is 0 Å². The average Bonchev–Trinajstić information content (AvgIpc) is 3.38. The largest absolute Gasteiger partial charge is 0.311 e. The number of fused-ring (bicyclic) bond motifs is 3. The van der Waals surface area contributed by atoms with Crippen molar-refractivity contribution >= 4 is 17.1 Å². The molecule has 10 aromatic rings. The van der Waals surface area contributed by atoms with Crippen molar-refractivity contribution in [3.63, 3.8) is 0 Å². The van der Waals surface area contributed by atoms with Crippen LogP contribution in [0.2, 0.25) is 0 Å². The molecular formula is C62H45N. The van der Waals surface area contributed by atoms with E-state index in [0.29, 0.717) is 0 Å². The molecule has 0 N–H and O–H groups in total. The van der Waals surface area contributed by atoms with E-state index in [1.807, 2.05) is 0 Å². The fourth-order valence-corrected chi connectivity index (χ4v) is 10.6. The van der Waals surface area contributed by atoms with E-state index in [4.69, 9.17) is 0 Å². The SMILES string of the molecule is c1ccc(-c2ccc(N(c3ccccc3)c3ccc(-c4ccc5c(c4)-c4ccccc4C(c4ccccc4)(c4ccccc4)C5(c4ccccc4)c4ccccc4)cc3)cc2)cc1. The number of para-hydroxylation sites is 1. The Morgan fingerprint density at radius 2 is 0.540 bits per heavy atom. The predicted octanol–water partition coefficient (Wildman–Crippen LogP) is 15.8. The van der Waals surface area contributed by atoms with Gasteiger partial charge in [0.25, 0.3) is 0 Å². The molecule has 0 unspecified atom stereocenters. The monoisotopic (exact) mass is 803 g/mol. The van der Waals surface area contributed by atoms with Gasteiger partial charge in [-0.25, -0.2) is 0 Å². The zero-order chi connectivity index (χ0) is 42.1. The first-order valence-electron chi connectivity index (χ1n) is 21.8. The van der Waals surface area contributed by atoms with Crippen LogP contribution in [0.25, 0.3) is 33.4 Å². The molecule has 10 aromatic carbocycles. The smallest absolute Gasteiger partial charge is 0.0635 e. The van der Waals surface area contributed by atoms with Gasteiger partial charge in [-0.15, -0.1) is 0 Å². The summed E-state index contributed by atoms with van der Waals surface area (Å²) in [5, 5.41) is 0. The summed E-state index contributed by atoms with van der Waals surface area (Å²) < 4.78 is 0. The summed E-state index contributed by atoms with van der Waals surface area (Å²) in [4.78, 5) is 2.34. The van der Waals surface area contributed by atoms with Crippen molar-refractivity contribution in [2.45, 2.75) is 10.8 Å². The molecule has 1 heteroatoms. The molecule has 1 nitrogen and oxygen atoms in total. The molecule has 0 amide bonds. The fourth-order valence-electron chi connectivity index (χ4n) is 10.6. The molecule has 0 saturated carbocycles. The van der Waals surface area contributed by atoms with E-state index >= 15 is 0 Å². The minimum Gasteiger partial charge on any atom is -0.311 e. The Balaban J connectivity index is 1.11. The van der Waals surface area contributed by atoms with Crippen molar-refractivity contribution in [3.8, 4) is 33.4 Å². The molecule has 0 heterocycles. The van der Waals surface area contributed by atoms with Crippen LogP contribution in [0.5, 0.6) is 0 Å². The maximum atomic E-state index is 2.45. The first-order chi connectivity index (χ1) is 31.3. The average molecular weight is 804 g/mol. The van der Waals surface area contributed by atoms with Gasteiger partial charge < -0.3 is 4.90 Å². The van der Waals surface area contributed by atoms with Crippen molar-refractivity contribution in [1.82, 2.24) is 0 Å². The van der Waals surface area contributed by atoms with Crippen LogP contribution >= 0.6 is 0 Å². The summed E-state index contributed by atoms with van der Waals surface area (Å²) in [5.41, 5.74) is 16.8. The lowest BCUT2D eigenvalue weighted by molar-refractivity contribution is 0.415. The van der Waals surface area contributed by atoms with E-state index < -0.39 is 10.8 Å². The number of hydrogen-bond acceptors (Lipinski definition) is 1. The molecule has 0 bridgehead atoms. The van der Waals surface area contributed by atoms with Gasteiger partial charge in [0.15, 0.2) is 0 Å². The molecule has 298 valence electrons. The van der Waals surface area contributed by atoms with Gasteiger partial charge in [-0.2, -0.15) is 0 Å². The van der Waals surface area contributed by atoms with Gasteiger partial charge >= 0.3 is 0 Å². The third-order valence-corrected chi connectivity index (χ3v) is 13.1. The number of benzene rings is 10. The fraction of sp³-hybridized carbons (Fsp3) is 0.0323. The summed E-state index contributed by atoms with van der Waals surface area (Å²) in [6.45, 7) is 0. The summed E-state index contributed by atoms with van der Waals surface area (Å²) in [5.74, 6) is 0. The van der Waals surface area contributed by atoms with Crippen molar-refractivity contribution in [1.29, 1.82) is 0 Å². The van der Waals surface area contributed by atoms with Crippen molar-refractivity contribution in [2.24, 2.45) is 0 Å². The lowest BCUT2D eigenvalue weighted by atomic mass is 9.43. The zero-order valence-electron chi connectivity index (χ0n) is 34.9. The third kappa shape index (κ3) is 6.24. The molecule has 11 rings (SSSR count). The van der Waals surface area contributed by atoms with E-state index in [9.17, 15) is 0 Å². The van der Waals surface area contributed by atoms with Gasteiger partial charge in [0.1, 0.15) is 0 Å². The van der Waals surface area contributed by atoms with E-state index in [1.54, 1.807) is 0 Å². The highest BCUT2D eigenvalue weighted by Crippen LogP contribution is 2.65. The highest BCUT2D eigenvalue weighted by molar-refractivity contribution is 5.89. The maximum Gasteiger partial charge on any atom is 0.0635 e. The first-order valence-corrected chi connectivity index (χ1v) is 21.8. The molecule has 0 spiro atoms. The van der Waals surface area contributed by atoms with Crippen molar-refractivity contribution < 1.29 is 0 Å². The zero-order valence-corrected chi connectivity index (χ0v) is 34.9. The second kappa shape index (κ2) is 16.1. The third-order valence-electron chi connectivity index (χ3n) is 13.1. The van der Waals surface area contributed by atoms with E-state index in [1.165, 1.54) is 66.8 Å². The highest BCUT2D eigenvalue weighted by atomic mass is 15.1. The van der Waals surface area contributed by atoms with Gasteiger partial charge in [-0.3, -0.25) is 0 Å². The molecule has 0 aromatic heterocycles. The Hall–Kier alpha value is -8.00. The Bertz CT molecular complexity index is 3030. The summed E-state index contributed by atoms with van der Waals surface area (Å²) in [7, 11) is 0. The van der Waals surface area contributed by atoms with Crippen LogP contribution in [-0.2, 0) is 10.8 Å². The van der Waals surface area contributed by atoms with Crippen LogP contribution in [0.4, 0.5) is 17.1 Å². The van der Waals surface area contributed by atoms with Crippen molar-refractivity contribution in [2.75, 3.05) is 4.90 Å². The molecule has 0 radical (unpaired) electrons. The molecule has 1 aliphatic carbocycles. The molecule has 0 aliphatic heterocycles. The molecule has 63 heavy (non-hydrogen) atoms. The van der Waals surface area contributed by atoms with Gasteiger partial charge in [-0.1, -0.05) is 231 Å². The standard InChI is InChI=1S/C62H45N/c1-7-21-46(22-8-1)47-35-40-55(41-36-47)63(54-31-17-6-18-32-54)56-42-37-48(38-43-56)49-39-44-60-58(45-49)57-33-19-20-34-59(57)61(50-23-9-2-10-24-50,51-25-11-3-12-26-51)62(60,52-27-13-4-14-28-52)53-29-15-5-16-30-53/h1-45H. The van der Waals surface area contributed by atoms with Gasteiger partial charge in [0.2, 0.25) is 0 Å². The van der Waals surface area contributed by atoms with Crippen LogP contribution in [0.1, 0.15) is 33.4 Å². The van der Waals surface area contributed by atoms with Crippen LogP contribution in [0.3, 0.4) is 0 Å². The quantitative estimate of drug-likeness (QED) is 0.140. The highest BCUT2D eigenvalue weighted by Gasteiger charge is 2.61. The van der Waals surface area contributed by atoms with Gasteiger partial charge in [0, 0.05) is 17.1 Å². The maximum absolute atomic E-state index is 2.45. The Morgan fingerprint density at radius 1 is 0.222 bits per heavy atom. The second-order valence-electron chi connectivity index (χ2n) is 16.4. The minimum atomic E-state index is -0.670. The summed E-state index contributed by atoms with van der Waals surface area (Å²) >= 11 is 0. The lowest BCUT2D eigenvalue weighted by Gasteiger charge is -2.57. The number of rotatable bonds is 9. The van der Waals surface area contributed by atoms with E-state index in [-0.39, 0.29) is 0 Å². The number of anilines is 3. The van der Waals surface area contributed by atoms with Crippen LogP contribution < -0.4 is 4.90 Å². The summed E-state index contributed by atoms with van der Waals surface area (Å²) in [6.07, 6.45) is 0. The molecule has 0 fully saturated rings. The summed E-state index contributed by atoms with van der Waals surface area (Å²) in [6, 6.07) is 100. The number of hydrogen-bond donors (Lipinski definition) is 0. The van der Waals surface area contributed by atoms with E-state index in [0.717, 1.165) is 17.1 Å². The Morgan fingerprint density at radius 3 is 1.00 bits per heavy atom. The van der Waals surface area contributed by atoms with Gasteiger partial charge in [0.05, 0.1) is 10.8 Å². The lowest BCUT2D eigenvalue weighted by Crippen LogP contribution is -2.54. The first kappa shape index (κ1) is 38.0. The molecule has 1 aliphatic rings. The topological polar surface area (TPSA) is 3.24 Å².